The second kappa shape index (κ2) is 5.27. The van der Waals surface area contributed by atoms with Gasteiger partial charge in [0.1, 0.15) is 12.6 Å². The normalized spacial score (nSPS) is 11.9. The molecule has 0 aliphatic carbocycles. The molecule has 0 aliphatic rings. The van der Waals surface area contributed by atoms with Crippen LogP contribution in [0.15, 0.2) is 18.2 Å². The number of hydrogen-bond donors (Lipinski definition) is 1. The third kappa shape index (κ3) is 2.89. The highest BCUT2D eigenvalue weighted by molar-refractivity contribution is 5.25. The molecule has 0 fully saturated rings. The number of likely N-dealkylation sites (N-methyl/N-ethyl adjacent to an activating group) is 1. The molecule has 1 atom stereocenters. The number of nitriles is 1. The molecule has 0 heterocycles. The zero-order valence-electron chi connectivity index (χ0n) is 8.13. The third-order valence-corrected chi connectivity index (χ3v) is 1.83. The fourth-order valence-corrected chi connectivity index (χ4v) is 0.954. The second-order valence-electron chi connectivity index (χ2n) is 2.83. The van der Waals surface area contributed by atoms with Gasteiger partial charge in [-0.15, -0.1) is 0 Å². The number of ether oxygens (including phenoxy) is 1. The molecule has 0 bridgehead atoms. The maximum atomic E-state index is 13.1. The van der Waals surface area contributed by atoms with Crippen molar-refractivity contribution in [3.8, 4) is 11.8 Å². The van der Waals surface area contributed by atoms with Gasteiger partial charge in [0.15, 0.2) is 11.6 Å². The van der Waals surface area contributed by atoms with Gasteiger partial charge in [-0.25, -0.2) is 4.39 Å². The molecule has 0 aliphatic heterocycles. The Kier molecular flexibility index (Phi) is 4.01. The van der Waals surface area contributed by atoms with Crippen molar-refractivity contribution < 1.29 is 13.5 Å². The number of nitrogens with zero attached hydrogens (tertiary/aromatic N) is 1. The average Bonchev–Trinajstić information content (AvgIpc) is 2.25. The van der Waals surface area contributed by atoms with Crippen molar-refractivity contribution in [3.05, 3.63) is 29.8 Å². The Balaban J connectivity index is 2.66. The van der Waals surface area contributed by atoms with Crippen molar-refractivity contribution >= 4 is 0 Å². The van der Waals surface area contributed by atoms with Crippen LogP contribution in [-0.2, 0) is 0 Å². The van der Waals surface area contributed by atoms with E-state index in [1.807, 2.05) is 6.07 Å². The largest absolute Gasteiger partial charge is 0.488 e. The van der Waals surface area contributed by atoms with Crippen molar-refractivity contribution in [2.24, 2.45) is 0 Å². The predicted octanol–water partition coefficient (Wildman–Crippen LogP) is 1.46. The van der Waals surface area contributed by atoms with Gasteiger partial charge < -0.3 is 10.1 Å². The molecule has 1 aromatic rings. The number of nitrogens with one attached hydrogen (secondary N) is 1. The Bertz CT molecular complexity index is 376. The van der Waals surface area contributed by atoms with Crippen LogP contribution in [-0.4, -0.2) is 19.7 Å². The summed E-state index contributed by atoms with van der Waals surface area (Å²) in [6.45, 7) is -0.0344. The maximum Gasteiger partial charge on any atom is 0.200 e. The van der Waals surface area contributed by atoms with Crippen LogP contribution in [0.25, 0.3) is 0 Å². The highest BCUT2D eigenvalue weighted by Crippen LogP contribution is 2.18. The minimum Gasteiger partial charge on any atom is -0.488 e. The van der Waals surface area contributed by atoms with Crippen LogP contribution in [0.4, 0.5) is 8.78 Å². The van der Waals surface area contributed by atoms with Crippen molar-refractivity contribution in [2.75, 3.05) is 13.7 Å². The lowest BCUT2D eigenvalue weighted by atomic mass is 10.3. The summed E-state index contributed by atoms with van der Waals surface area (Å²) in [6, 6.07) is 5.01. The lowest BCUT2D eigenvalue weighted by Crippen LogP contribution is -2.30. The molecule has 1 unspecified atom stereocenters. The monoisotopic (exact) mass is 212 g/mol. The summed E-state index contributed by atoms with van der Waals surface area (Å²) in [7, 11) is 1.58. The first kappa shape index (κ1) is 11.4. The van der Waals surface area contributed by atoms with Crippen molar-refractivity contribution in [3.63, 3.8) is 0 Å². The molecule has 0 saturated heterocycles. The minimum absolute atomic E-state index is 0.0344. The predicted molar refractivity (Wildman–Crippen MR) is 50.3 cm³/mol. The summed E-state index contributed by atoms with van der Waals surface area (Å²) in [5.41, 5.74) is 0. The molecule has 0 radical (unpaired) electrons. The summed E-state index contributed by atoms with van der Waals surface area (Å²) in [5, 5.41) is 11.2. The molecule has 1 N–H and O–H groups in total. The molecule has 0 spiro atoms. The second-order valence-corrected chi connectivity index (χ2v) is 2.83. The van der Waals surface area contributed by atoms with Gasteiger partial charge in [0.2, 0.25) is 5.82 Å². The van der Waals surface area contributed by atoms with Gasteiger partial charge in [-0.3, -0.25) is 0 Å². The van der Waals surface area contributed by atoms with Crippen LogP contribution in [0.1, 0.15) is 0 Å². The number of hydrogen-bond acceptors (Lipinski definition) is 3. The molecule has 3 nitrogen and oxygen atoms in total. The zero-order chi connectivity index (χ0) is 11.3. The average molecular weight is 212 g/mol. The summed E-state index contributed by atoms with van der Waals surface area (Å²) in [5.74, 6) is -2.19. The topological polar surface area (TPSA) is 45.0 Å². The van der Waals surface area contributed by atoms with Gasteiger partial charge in [-0.2, -0.15) is 9.65 Å². The van der Waals surface area contributed by atoms with E-state index in [0.717, 1.165) is 6.07 Å². The molecule has 80 valence electrons. The smallest absolute Gasteiger partial charge is 0.200 e. The van der Waals surface area contributed by atoms with Gasteiger partial charge in [0.25, 0.3) is 0 Å². The van der Waals surface area contributed by atoms with E-state index in [2.05, 4.69) is 5.32 Å². The van der Waals surface area contributed by atoms with Gasteiger partial charge in [0.05, 0.1) is 6.07 Å². The first-order valence-corrected chi connectivity index (χ1v) is 4.32. The van der Waals surface area contributed by atoms with E-state index in [1.165, 1.54) is 12.1 Å². The quantitative estimate of drug-likeness (QED) is 0.821. The molecule has 0 aromatic heterocycles. The first-order valence-electron chi connectivity index (χ1n) is 4.32. The van der Waals surface area contributed by atoms with Gasteiger partial charge in [-0.05, 0) is 19.2 Å². The van der Waals surface area contributed by atoms with Crippen molar-refractivity contribution in [1.82, 2.24) is 5.32 Å². The van der Waals surface area contributed by atoms with E-state index < -0.39 is 17.7 Å². The Labute approximate surface area is 86.3 Å². The molecule has 0 amide bonds. The summed E-state index contributed by atoms with van der Waals surface area (Å²) < 4.78 is 30.7. The zero-order valence-corrected chi connectivity index (χ0v) is 8.13. The van der Waals surface area contributed by atoms with E-state index in [1.54, 1.807) is 7.05 Å². The Hall–Kier alpha value is -1.67. The Morgan fingerprint density at radius 1 is 1.53 bits per heavy atom. The van der Waals surface area contributed by atoms with Crippen molar-refractivity contribution in [2.45, 2.75) is 6.04 Å². The third-order valence-electron chi connectivity index (χ3n) is 1.83. The summed E-state index contributed by atoms with van der Waals surface area (Å²) in [6.07, 6.45) is 0. The molecule has 1 aromatic carbocycles. The molecule has 5 heteroatoms. The van der Waals surface area contributed by atoms with Gasteiger partial charge in [-0.1, -0.05) is 6.07 Å². The lowest BCUT2D eigenvalue weighted by Gasteiger charge is -2.10. The highest BCUT2D eigenvalue weighted by Gasteiger charge is 2.11. The fraction of sp³-hybridized carbons (Fsp3) is 0.300. The van der Waals surface area contributed by atoms with E-state index >= 15 is 0 Å². The van der Waals surface area contributed by atoms with Gasteiger partial charge in [0, 0.05) is 0 Å². The molecule has 15 heavy (non-hydrogen) atoms. The fourth-order valence-electron chi connectivity index (χ4n) is 0.954. The van der Waals surface area contributed by atoms with Crippen LogP contribution in [0, 0.1) is 23.0 Å². The van der Waals surface area contributed by atoms with Crippen LogP contribution < -0.4 is 10.1 Å². The van der Waals surface area contributed by atoms with Crippen LogP contribution in [0.5, 0.6) is 5.75 Å². The van der Waals surface area contributed by atoms with Crippen LogP contribution in [0.3, 0.4) is 0 Å². The number of halogens is 2. The van der Waals surface area contributed by atoms with Gasteiger partial charge >= 0.3 is 0 Å². The minimum atomic E-state index is -1.04. The van der Waals surface area contributed by atoms with Crippen LogP contribution >= 0.6 is 0 Å². The molecular formula is C10H10F2N2O. The Morgan fingerprint density at radius 3 is 2.87 bits per heavy atom. The summed E-state index contributed by atoms with van der Waals surface area (Å²) >= 11 is 0. The summed E-state index contributed by atoms with van der Waals surface area (Å²) in [4.78, 5) is 0. The van der Waals surface area contributed by atoms with Crippen molar-refractivity contribution in [1.29, 1.82) is 5.26 Å². The molecular weight excluding hydrogens is 202 g/mol. The number of benzene rings is 1. The Morgan fingerprint density at radius 2 is 2.27 bits per heavy atom. The standard InChI is InChI=1S/C10H10F2N2O/c1-14-7(5-13)6-15-9-4-2-3-8(11)10(9)12/h2-4,7,14H,6H2,1H3. The first-order chi connectivity index (χ1) is 7.19. The lowest BCUT2D eigenvalue weighted by molar-refractivity contribution is 0.276. The van der Waals surface area contributed by atoms with E-state index in [-0.39, 0.29) is 12.4 Å². The van der Waals surface area contributed by atoms with E-state index in [9.17, 15) is 8.78 Å². The highest BCUT2D eigenvalue weighted by atomic mass is 19.2. The maximum absolute atomic E-state index is 13.1. The molecule has 0 saturated carbocycles. The number of rotatable bonds is 4. The van der Waals surface area contributed by atoms with E-state index in [0.29, 0.717) is 0 Å². The molecule has 1 rings (SSSR count). The van der Waals surface area contributed by atoms with Crippen LogP contribution in [0.2, 0.25) is 0 Å². The SMILES string of the molecule is CNC(C#N)COc1cccc(F)c1F. The van der Waals surface area contributed by atoms with E-state index in [4.69, 9.17) is 10.00 Å².